The molecule has 76 valence electrons. The Morgan fingerprint density at radius 3 is 2.93 bits per heavy atom. The number of nitrogens with one attached hydrogen (secondary N) is 1. The van der Waals surface area contributed by atoms with Crippen molar-refractivity contribution >= 4 is 11.6 Å². The second-order valence-electron chi connectivity index (χ2n) is 3.33. The van der Waals surface area contributed by atoms with Crippen LogP contribution < -0.4 is 5.32 Å². The summed E-state index contributed by atoms with van der Waals surface area (Å²) in [6, 6.07) is 8.02. The fourth-order valence-corrected chi connectivity index (χ4v) is 1.74. The van der Waals surface area contributed by atoms with Gasteiger partial charge in [0.2, 0.25) is 0 Å². The molecule has 0 radical (unpaired) electrons. The summed E-state index contributed by atoms with van der Waals surface area (Å²) in [7, 11) is 1.96. The zero-order valence-corrected chi connectivity index (χ0v) is 9.22. The molecule has 0 saturated heterocycles. The Morgan fingerprint density at radius 2 is 2.36 bits per heavy atom. The summed E-state index contributed by atoms with van der Waals surface area (Å²) in [5.41, 5.74) is 1.27. The zero-order chi connectivity index (χ0) is 10.4. The number of benzene rings is 1. The van der Waals surface area contributed by atoms with E-state index < -0.39 is 0 Å². The lowest BCUT2D eigenvalue weighted by molar-refractivity contribution is 0.636. The van der Waals surface area contributed by atoms with Gasteiger partial charge in [-0.3, -0.25) is 0 Å². The largest absolute Gasteiger partial charge is 0.319 e. The first-order valence-electron chi connectivity index (χ1n) is 4.79. The minimum absolute atomic E-state index is 0.469. The van der Waals surface area contributed by atoms with E-state index in [0.717, 1.165) is 18.0 Å². The van der Waals surface area contributed by atoms with Crippen LogP contribution in [0.5, 0.6) is 0 Å². The summed E-state index contributed by atoms with van der Waals surface area (Å²) in [4.78, 5) is 0. The summed E-state index contributed by atoms with van der Waals surface area (Å²) in [6.07, 6.45) is 2.92. The van der Waals surface area contributed by atoms with Crippen molar-refractivity contribution in [2.75, 3.05) is 13.6 Å². The van der Waals surface area contributed by atoms with Crippen molar-refractivity contribution < 1.29 is 0 Å². The normalized spacial score (nSPS) is 12.4. The first-order valence-corrected chi connectivity index (χ1v) is 5.16. The molecule has 0 aliphatic heterocycles. The van der Waals surface area contributed by atoms with Crippen LogP contribution in [0.1, 0.15) is 17.9 Å². The molecule has 0 bridgehead atoms. The van der Waals surface area contributed by atoms with Gasteiger partial charge in [-0.1, -0.05) is 29.8 Å². The van der Waals surface area contributed by atoms with E-state index in [0.29, 0.717) is 5.92 Å². The molecule has 1 aromatic rings. The molecule has 2 heteroatoms. The molecular formula is C12H16ClN. The lowest BCUT2D eigenvalue weighted by atomic mass is 9.96. The van der Waals surface area contributed by atoms with E-state index in [2.05, 4.69) is 18.0 Å². The first-order chi connectivity index (χ1) is 6.77. The maximum atomic E-state index is 5.94. The highest BCUT2D eigenvalue weighted by molar-refractivity contribution is 6.30. The molecule has 1 rings (SSSR count). The van der Waals surface area contributed by atoms with E-state index in [1.807, 2.05) is 31.3 Å². The smallest absolute Gasteiger partial charge is 0.0408 e. The molecule has 0 fully saturated rings. The van der Waals surface area contributed by atoms with Crippen LogP contribution in [-0.4, -0.2) is 13.6 Å². The predicted octanol–water partition coefficient (Wildman–Crippen LogP) is 3.22. The van der Waals surface area contributed by atoms with E-state index in [4.69, 9.17) is 11.6 Å². The van der Waals surface area contributed by atoms with Crippen molar-refractivity contribution in [1.82, 2.24) is 5.32 Å². The second-order valence-corrected chi connectivity index (χ2v) is 3.77. The highest BCUT2D eigenvalue weighted by Crippen LogP contribution is 2.22. The number of halogens is 1. The number of allylic oxidation sites excluding steroid dienone is 1. The summed E-state index contributed by atoms with van der Waals surface area (Å²) >= 11 is 5.94. The number of hydrogen-bond acceptors (Lipinski definition) is 1. The maximum Gasteiger partial charge on any atom is 0.0408 e. The number of hydrogen-bond donors (Lipinski definition) is 1. The van der Waals surface area contributed by atoms with Gasteiger partial charge in [-0.25, -0.2) is 0 Å². The molecule has 0 aliphatic rings. The second kappa shape index (κ2) is 5.84. The van der Waals surface area contributed by atoms with E-state index in [-0.39, 0.29) is 0 Å². The van der Waals surface area contributed by atoms with Gasteiger partial charge in [-0.05, 0) is 37.1 Å². The highest BCUT2D eigenvalue weighted by atomic mass is 35.5. The van der Waals surface area contributed by atoms with Crippen LogP contribution in [0.2, 0.25) is 5.02 Å². The third-order valence-corrected chi connectivity index (χ3v) is 2.46. The predicted molar refractivity (Wildman–Crippen MR) is 62.9 cm³/mol. The fourth-order valence-electron chi connectivity index (χ4n) is 1.55. The lowest BCUT2D eigenvalue weighted by Gasteiger charge is -2.15. The zero-order valence-electron chi connectivity index (χ0n) is 8.46. The van der Waals surface area contributed by atoms with Gasteiger partial charge >= 0.3 is 0 Å². The molecule has 0 unspecified atom stereocenters. The van der Waals surface area contributed by atoms with Crippen LogP contribution in [0.4, 0.5) is 0 Å². The molecule has 0 saturated carbocycles. The van der Waals surface area contributed by atoms with Crippen molar-refractivity contribution in [3.05, 3.63) is 47.5 Å². The number of rotatable bonds is 5. The Bertz CT molecular complexity index is 296. The van der Waals surface area contributed by atoms with Crippen molar-refractivity contribution in [3.8, 4) is 0 Å². The van der Waals surface area contributed by atoms with E-state index in [9.17, 15) is 0 Å². The van der Waals surface area contributed by atoms with E-state index in [1.165, 1.54) is 5.56 Å². The SMILES string of the molecule is C=CC[C@H](CNC)c1cccc(Cl)c1. The molecular weight excluding hydrogens is 194 g/mol. The monoisotopic (exact) mass is 209 g/mol. The molecule has 0 amide bonds. The third kappa shape index (κ3) is 3.17. The Kier molecular flexibility index (Phi) is 4.71. The topological polar surface area (TPSA) is 12.0 Å². The van der Waals surface area contributed by atoms with Gasteiger partial charge in [0.15, 0.2) is 0 Å². The van der Waals surface area contributed by atoms with Gasteiger partial charge in [0, 0.05) is 11.6 Å². The van der Waals surface area contributed by atoms with Crippen LogP contribution in [0.25, 0.3) is 0 Å². The van der Waals surface area contributed by atoms with Crippen molar-refractivity contribution in [2.24, 2.45) is 0 Å². The standard InChI is InChI=1S/C12H16ClN/c1-3-5-11(9-14-2)10-6-4-7-12(13)8-10/h3-4,6-8,11,14H,1,5,9H2,2H3/t11-/m1/s1. The molecule has 0 aliphatic carbocycles. The van der Waals surface area contributed by atoms with Crippen LogP contribution in [0, 0.1) is 0 Å². The van der Waals surface area contributed by atoms with Gasteiger partial charge in [0.05, 0.1) is 0 Å². The number of likely N-dealkylation sites (N-methyl/N-ethyl adjacent to an activating group) is 1. The molecule has 14 heavy (non-hydrogen) atoms. The molecule has 1 aromatic carbocycles. The summed E-state index contributed by atoms with van der Waals surface area (Å²) in [6.45, 7) is 4.72. The molecule has 1 nitrogen and oxygen atoms in total. The minimum atomic E-state index is 0.469. The van der Waals surface area contributed by atoms with E-state index >= 15 is 0 Å². The Morgan fingerprint density at radius 1 is 1.57 bits per heavy atom. The van der Waals surface area contributed by atoms with Gasteiger partial charge < -0.3 is 5.32 Å². The van der Waals surface area contributed by atoms with Crippen LogP contribution in [0.3, 0.4) is 0 Å². The summed E-state index contributed by atoms with van der Waals surface area (Å²) in [5.74, 6) is 0.469. The Labute approximate surface area is 90.8 Å². The van der Waals surface area contributed by atoms with Crippen LogP contribution in [-0.2, 0) is 0 Å². The summed E-state index contributed by atoms with van der Waals surface area (Å²) < 4.78 is 0. The fraction of sp³-hybridized carbons (Fsp3) is 0.333. The van der Waals surface area contributed by atoms with Gasteiger partial charge in [0.1, 0.15) is 0 Å². The molecule has 1 atom stereocenters. The Balaban J connectivity index is 2.80. The summed E-state index contributed by atoms with van der Waals surface area (Å²) in [5, 5.41) is 3.98. The average molecular weight is 210 g/mol. The minimum Gasteiger partial charge on any atom is -0.319 e. The van der Waals surface area contributed by atoms with Crippen LogP contribution >= 0.6 is 11.6 Å². The quantitative estimate of drug-likeness (QED) is 0.735. The van der Waals surface area contributed by atoms with Crippen molar-refractivity contribution in [1.29, 1.82) is 0 Å². The molecule has 0 aromatic heterocycles. The van der Waals surface area contributed by atoms with Gasteiger partial charge in [-0.2, -0.15) is 0 Å². The van der Waals surface area contributed by atoms with Crippen molar-refractivity contribution in [2.45, 2.75) is 12.3 Å². The van der Waals surface area contributed by atoms with Crippen molar-refractivity contribution in [3.63, 3.8) is 0 Å². The lowest BCUT2D eigenvalue weighted by Crippen LogP contribution is -2.16. The first kappa shape index (κ1) is 11.3. The van der Waals surface area contributed by atoms with Gasteiger partial charge in [0.25, 0.3) is 0 Å². The van der Waals surface area contributed by atoms with Gasteiger partial charge in [-0.15, -0.1) is 6.58 Å². The molecule has 1 N–H and O–H groups in total. The van der Waals surface area contributed by atoms with Crippen LogP contribution in [0.15, 0.2) is 36.9 Å². The van der Waals surface area contributed by atoms with E-state index in [1.54, 1.807) is 0 Å². The molecule has 0 heterocycles. The maximum absolute atomic E-state index is 5.94. The average Bonchev–Trinajstić information content (AvgIpc) is 2.17. The molecule has 0 spiro atoms. The Hall–Kier alpha value is -0.790. The third-order valence-electron chi connectivity index (χ3n) is 2.22. The highest BCUT2D eigenvalue weighted by Gasteiger charge is 2.08.